The van der Waals surface area contributed by atoms with E-state index in [0.29, 0.717) is 30.1 Å². The first-order chi connectivity index (χ1) is 13.9. The molecule has 7 nitrogen and oxygen atoms in total. The van der Waals surface area contributed by atoms with Gasteiger partial charge in [-0.05, 0) is 38.7 Å². The molecule has 1 amide bonds. The zero-order valence-corrected chi connectivity index (χ0v) is 18.1. The Kier molecular flexibility index (Phi) is 5.64. The van der Waals surface area contributed by atoms with Gasteiger partial charge in [0.2, 0.25) is 0 Å². The van der Waals surface area contributed by atoms with Crippen LogP contribution in [0.2, 0.25) is 0 Å². The summed E-state index contributed by atoms with van der Waals surface area (Å²) in [6.45, 7) is 4.70. The Morgan fingerprint density at radius 2 is 2.03 bits per heavy atom. The first-order valence-electron chi connectivity index (χ1n) is 10.8. The summed E-state index contributed by atoms with van der Waals surface area (Å²) in [7, 11) is -3.03. The number of aryl methyl sites for hydroxylation is 1. The van der Waals surface area contributed by atoms with Crippen molar-refractivity contribution in [2.75, 3.05) is 18.1 Å². The number of aromatic nitrogens is 3. The summed E-state index contributed by atoms with van der Waals surface area (Å²) in [6.07, 6.45) is 7.15. The van der Waals surface area contributed by atoms with Gasteiger partial charge in [0.25, 0.3) is 5.91 Å². The molecule has 1 aliphatic carbocycles. The Morgan fingerprint density at radius 3 is 2.69 bits per heavy atom. The molecule has 2 aromatic rings. The maximum absolute atomic E-state index is 13.0. The Balaban J connectivity index is 1.67. The van der Waals surface area contributed by atoms with Crippen molar-refractivity contribution in [2.24, 2.45) is 0 Å². The van der Waals surface area contributed by atoms with E-state index in [0.717, 1.165) is 42.5 Å². The summed E-state index contributed by atoms with van der Waals surface area (Å²) in [5.74, 6) is 0.590. The van der Waals surface area contributed by atoms with E-state index in [1.807, 2.05) is 13.0 Å². The number of hydrogen-bond donors (Lipinski definition) is 1. The lowest BCUT2D eigenvalue weighted by Gasteiger charge is -2.12. The van der Waals surface area contributed by atoms with Gasteiger partial charge in [0.1, 0.15) is 0 Å². The van der Waals surface area contributed by atoms with Gasteiger partial charge in [-0.25, -0.2) is 18.1 Å². The van der Waals surface area contributed by atoms with Crippen LogP contribution in [-0.4, -0.2) is 47.1 Å². The lowest BCUT2D eigenvalue weighted by Crippen LogP contribution is -2.25. The van der Waals surface area contributed by atoms with Crippen molar-refractivity contribution in [1.29, 1.82) is 0 Å². The molecule has 1 atom stereocenters. The van der Waals surface area contributed by atoms with Gasteiger partial charge in [0.05, 0.1) is 34.2 Å². The van der Waals surface area contributed by atoms with Crippen LogP contribution in [0.25, 0.3) is 11.0 Å². The predicted octanol–water partition coefficient (Wildman–Crippen LogP) is 3.29. The summed E-state index contributed by atoms with van der Waals surface area (Å²) in [6, 6.07) is 1.72. The molecule has 1 saturated carbocycles. The van der Waals surface area contributed by atoms with E-state index in [9.17, 15) is 13.2 Å². The highest BCUT2D eigenvalue weighted by Crippen LogP contribution is 2.41. The number of fused-ring (bicyclic) bond motifs is 1. The van der Waals surface area contributed by atoms with E-state index in [-0.39, 0.29) is 23.5 Å². The zero-order chi connectivity index (χ0) is 20.6. The molecular weight excluding hydrogens is 388 g/mol. The van der Waals surface area contributed by atoms with E-state index < -0.39 is 9.84 Å². The minimum Gasteiger partial charge on any atom is -0.352 e. The molecule has 3 heterocycles. The molecule has 0 radical (unpaired) electrons. The summed E-state index contributed by atoms with van der Waals surface area (Å²) in [5.41, 5.74) is 2.94. The molecule has 2 aromatic heterocycles. The summed E-state index contributed by atoms with van der Waals surface area (Å²) >= 11 is 0. The smallest absolute Gasteiger partial charge is 0.252 e. The average molecular weight is 419 g/mol. The van der Waals surface area contributed by atoms with Crippen LogP contribution in [0.3, 0.4) is 0 Å². The Hall–Kier alpha value is -1.96. The molecule has 4 rings (SSSR count). The lowest BCUT2D eigenvalue weighted by molar-refractivity contribution is 0.0954. The van der Waals surface area contributed by atoms with E-state index in [2.05, 4.69) is 17.3 Å². The number of nitrogens with zero attached hydrogens (tertiary/aromatic N) is 3. The van der Waals surface area contributed by atoms with Gasteiger partial charge >= 0.3 is 0 Å². The first-order valence-corrected chi connectivity index (χ1v) is 12.6. The number of carbonyl (C=O) groups is 1. The monoisotopic (exact) mass is 418 g/mol. The fourth-order valence-electron chi connectivity index (χ4n) is 4.17. The first kappa shape index (κ1) is 20.3. The van der Waals surface area contributed by atoms with E-state index in [4.69, 9.17) is 4.98 Å². The third-order valence-electron chi connectivity index (χ3n) is 5.97. The minimum atomic E-state index is -3.03. The van der Waals surface area contributed by atoms with E-state index in [1.54, 1.807) is 4.68 Å². The quantitative estimate of drug-likeness (QED) is 0.664. The van der Waals surface area contributed by atoms with Crippen LogP contribution in [0, 0.1) is 6.92 Å². The number of amides is 1. The number of pyridine rings is 1. The third-order valence-corrected chi connectivity index (χ3v) is 7.72. The van der Waals surface area contributed by atoms with Crippen molar-refractivity contribution in [3.05, 3.63) is 23.0 Å². The fraction of sp³-hybridized carbons (Fsp3) is 0.667. The van der Waals surface area contributed by atoms with Crippen LogP contribution < -0.4 is 5.32 Å². The fourth-order valence-corrected chi connectivity index (χ4v) is 5.86. The number of carbonyl (C=O) groups excluding carboxylic acids is 1. The minimum absolute atomic E-state index is 0.0857. The van der Waals surface area contributed by atoms with Crippen LogP contribution in [0.5, 0.6) is 0 Å². The topological polar surface area (TPSA) is 93.9 Å². The van der Waals surface area contributed by atoms with Gasteiger partial charge in [-0.15, -0.1) is 0 Å². The van der Waals surface area contributed by atoms with Crippen LogP contribution in [-0.2, 0) is 9.84 Å². The molecule has 158 valence electrons. The molecule has 0 aromatic carbocycles. The van der Waals surface area contributed by atoms with E-state index in [1.165, 1.54) is 12.8 Å². The molecule has 1 aliphatic heterocycles. The number of rotatable bonds is 8. The largest absolute Gasteiger partial charge is 0.352 e. The highest BCUT2D eigenvalue weighted by molar-refractivity contribution is 7.91. The standard InChI is InChI=1S/C21H30N4O3S/c1-3-4-5-6-10-22-21(26)17-12-18(15-7-8-15)23-20-19(17)14(2)24-25(20)16-9-11-29(27,28)13-16/h12,15-16H,3-11,13H2,1-2H3,(H,22,26). The summed E-state index contributed by atoms with van der Waals surface area (Å²) in [5, 5.41) is 8.44. The second-order valence-corrected chi connectivity index (χ2v) is 10.7. The normalized spacial score (nSPS) is 21.0. The molecule has 2 fully saturated rings. The van der Waals surface area contributed by atoms with Crippen molar-refractivity contribution >= 4 is 26.8 Å². The molecule has 1 unspecified atom stereocenters. The highest BCUT2D eigenvalue weighted by Gasteiger charge is 2.33. The van der Waals surface area contributed by atoms with Gasteiger partial charge in [-0.2, -0.15) is 5.10 Å². The van der Waals surface area contributed by atoms with E-state index >= 15 is 0 Å². The van der Waals surface area contributed by atoms with Crippen molar-refractivity contribution in [3.63, 3.8) is 0 Å². The van der Waals surface area contributed by atoms with Gasteiger partial charge in [0, 0.05) is 18.2 Å². The second kappa shape index (κ2) is 8.05. The van der Waals surface area contributed by atoms with Gasteiger partial charge in [-0.3, -0.25) is 4.79 Å². The van der Waals surface area contributed by atoms with Gasteiger partial charge < -0.3 is 5.32 Å². The lowest BCUT2D eigenvalue weighted by atomic mass is 10.1. The number of unbranched alkanes of at least 4 members (excludes halogenated alkanes) is 3. The number of hydrogen-bond acceptors (Lipinski definition) is 5. The second-order valence-electron chi connectivity index (χ2n) is 8.47. The van der Waals surface area contributed by atoms with Crippen molar-refractivity contribution in [3.8, 4) is 0 Å². The van der Waals surface area contributed by atoms with Crippen molar-refractivity contribution in [1.82, 2.24) is 20.1 Å². The molecule has 2 aliphatic rings. The Labute approximate surface area is 172 Å². The maximum Gasteiger partial charge on any atom is 0.252 e. The molecule has 8 heteroatoms. The van der Waals surface area contributed by atoms with Crippen molar-refractivity contribution < 1.29 is 13.2 Å². The molecule has 29 heavy (non-hydrogen) atoms. The maximum atomic E-state index is 13.0. The van der Waals surface area contributed by atoms with Gasteiger partial charge in [0.15, 0.2) is 15.5 Å². The Morgan fingerprint density at radius 1 is 1.24 bits per heavy atom. The Bertz CT molecular complexity index is 1020. The average Bonchev–Trinajstić information content (AvgIpc) is 3.40. The highest BCUT2D eigenvalue weighted by atomic mass is 32.2. The summed E-state index contributed by atoms with van der Waals surface area (Å²) in [4.78, 5) is 17.8. The number of sulfone groups is 1. The molecular formula is C21H30N4O3S. The van der Waals surface area contributed by atoms with Crippen LogP contribution >= 0.6 is 0 Å². The SMILES string of the molecule is CCCCCCNC(=O)c1cc(C2CC2)nc2c1c(C)nn2C1CCS(=O)(=O)C1. The zero-order valence-electron chi connectivity index (χ0n) is 17.3. The van der Waals surface area contributed by atoms with Crippen LogP contribution in [0.1, 0.15) is 85.6 Å². The molecule has 0 spiro atoms. The van der Waals surface area contributed by atoms with Gasteiger partial charge in [-0.1, -0.05) is 26.2 Å². The van der Waals surface area contributed by atoms with Crippen LogP contribution in [0.4, 0.5) is 0 Å². The molecule has 0 bridgehead atoms. The molecule has 1 saturated heterocycles. The van der Waals surface area contributed by atoms with Crippen LogP contribution in [0.15, 0.2) is 6.07 Å². The predicted molar refractivity (Wildman–Crippen MR) is 113 cm³/mol. The number of nitrogens with one attached hydrogen (secondary N) is 1. The summed E-state index contributed by atoms with van der Waals surface area (Å²) < 4.78 is 25.7. The molecule has 1 N–H and O–H groups in total. The van der Waals surface area contributed by atoms with Crippen molar-refractivity contribution in [2.45, 2.75) is 70.8 Å². The third kappa shape index (κ3) is 4.32.